The molecule has 2 saturated heterocycles. The maximum Gasteiger partial charge on any atom is 0.210 e. The van der Waals surface area contributed by atoms with Gasteiger partial charge in [0.15, 0.2) is 17.3 Å². The first-order valence-corrected chi connectivity index (χ1v) is 22.8. The molecule has 8 nitrogen and oxygen atoms in total. The van der Waals surface area contributed by atoms with Gasteiger partial charge in [0.2, 0.25) is 5.78 Å². The SMILES string of the molecule is C.C#CC(=O)C(C)(C)C.CC(C)(C)C(=O)/C=C/CN1CCC1.CC(C)(C)C(=O)/C=C/CN1CCCCC1.CC1CC1C(=O)C(C)(C)C.CCC(=O)C(C)(C)C.[2H]C([2H])=C([2H])C(=O)C(C)(C)C. The Kier molecular flexibility index (Phi) is 28.5. The van der Waals surface area contributed by atoms with E-state index in [1.165, 1.54) is 51.9 Å². The van der Waals surface area contributed by atoms with Gasteiger partial charge in [-0.2, -0.15) is 0 Å². The Hall–Kier alpha value is -3.28. The number of hydrogen-bond donors (Lipinski definition) is 0. The number of terminal acetylenes is 1. The number of ketones is 6. The molecule has 2 heterocycles. The molecule has 2 aliphatic heterocycles. The van der Waals surface area contributed by atoms with Gasteiger partial charge >= 0.3 is 0 Å². The first kappa shape index (κ1) is 59.7. The Morgan fingerprint density at radius 3 is 1.14 bits per heavy atom. The minimum Gasteiger partial charge on any atom is -0.300 e. The number of Topliss-reactive ketones (excluding diaryl/α,β-unsaturated/α-hetero) is 3. The maximum atomic E-state index is 11.6. The number of allylic oxidation sites excluding steroid dienone is 3. The molecule has 1 aliphatic carbocycles. The van der Waals surface area contributed by atoms with E-state index in [4.69, 9.17) is 10.5 Å². The molecule has 2 atom stereocenters. The predicted molar refractivity (Wildman–Crippen MR) is 270 cm³/mol. The van der Waals surface area contributed by atoms with Gasteiger partial charge in [0.25, 0.3) is 0 Å². The van der Waals surface area contributed by atoms with Crippen LogP contribution in [0, 0.1) is 56.7 Å². The molecule has 3 rings (SSSR count). The summed E-state index contributed by atoms with van der Waals surface area (Å²) in [5, 5.41) is 0. The van der Waals surface area contributed by atoms with Crippen LogP contribution in [-0.2, 0) is 28.8 Å². The fourth-order valence-electron chi connectivity index (χ4n) is 5.00. The summed E-state index contributed by atoms with van der Waals surface area (Å²) in [6.45, 7) is 43.9. The lowest BCUT2D eigenvalue weighted by Crippen LogP contribution is -2.37. The molecule has 1 saturated carbocycles. The Labute approximate surface area is 393 Å². The van der Waals surface area contributed by atoms with Crippen LogP contribution in [0.25, 0.3) is 0 Å². The van der Waals surface area contributed by atoms with E-state index in [9.17, 15) is 28.8 Å². The second-order valence-electron chi connectivity index (χ2n) is 22.9. The molecule has 8 heteroatoms. The average Bonchev–Trinajstić information content (AvgIpc) is 3.89. The van der Waals surface area contributed by atoms with Crippen molar-refractivity contribution in [2.75, 3.05) is 39.3 Å². The van der Waals surface area contributed by atoms with E-state index in [1.807, 2.05) is 102 Å². The zero-order chi connectivity index (χ0) is 51.9. The van der Waals surface area contributed by atoms with Gasteiger partial charge in [-0.15, -0.1) is 6.42 Å². The van der Waals surface area contributed by atoms with Crippen molar-refractivity contribution >= 4 is 34.7 Å². The largest absolute Gasteiger partial charge is 0.300 e. The third-order valence-electron chi connectivity index (χ3n) is 10.1. The van der Waals surface area contributed by atoms with Crippen molar-refractivity contribution in [2.24, 2.45) is 44.3 Å². The summed E-state index contributed by atoms with van der Waals surface area (Å²) < 4.78 is 20.5. The highest BCUT2D eigenvalue weighted by Gasteiger charge is 2.43. The number of carbonyl (C=O) groups excluding carboxylic acids is 6. The molecule has 2 unspecified atom stereocenters. The van der Waals surface area contributed by atoms with Crippen molar-refractivity contribution in [3.8, 4) is 12.3 Å². The molecular weight excluding hydrogens is 785 g/mol. The van der Waals surface area contributed by atoms with E-state index in [2.05, 4.69) is 22.6 Å². The third kappa shape index (κ3) is 33.8. The zero-order valence-corrected chi connectivity index (χ0v) is 43.4. The zero-order valence-electron chi connectivity index (χ0n) is 46.4. The number of piperidine rings is 1. The first-order valence-electron chi connectivity index (χ1n) is 24.3. The molecule has 0 radical (unpaired) electrons. The van der Waals surface area contributed by atoms with Crippen LogP contribution in [0.4, 0.5) is 0 Å². The van der Waals surface area contributed by atoms with Gasteiger partial charge in [-0.25, -0.2) is 0 Å². The lowest BCUT2D eigenvalue weighted by molar-refractivity contribution is -0.128. The highest BCUT2D eigenvalue weighted by molar-refractivity contribution is 5.98. The Balaban J connectivity index is -0.000000354. The highest BCUT2D eigenvalue weighted by atomic mass is 16.1. The minimum atomic E-state index is -0.718. The van der Waals surface area contributed by atoms with Crippen LogP contribution in [0.3, 0.4) is 0 Å². The Morgan fingerprint density at radius 2 is 0.984 bits per heavy atom. The molecule has 63 heavy (non-hydrogen) atoms. The van der Waals surface area contributed by atoms with Crippen LogP contribution in [0.5, 0.6) is 0 Å². The normalized spacial score (nSPS) is 18.4. The summed E-state index contributed by atoms with van der Waals surface area (Å²) in [6, 6.07) is -0.516. The quantitative estimate of drug-likeness (QED) is 0.128. The molecule has 3 fully saturated rings. The molecule has 0 amide bonds. The van der Waals surface area contributed by atoms with Gasteiger partial charge in [-0.3, -0.25) is 38.6 Å². The fourth-order valence-corrected chi connectivity index (χ4v) is 5.00. The molecule has 0 spiro atoms. The standard InChI is InChI=1S/C13H23NO.C11H19NO.C9H16O.C7H14O.C7H12O.C7H10O.CH4/c1-13(2,3)12(15)8-7-11-14-9-5-4-6-10-14;1-11(2,3)10(13)6-4-7-12-8-5-9-12;1-6-5-7(6)8(10)9(2,3)4;3*1-5-6(8)7(2,3)4;/h7-8H,4-6,9-11H2,1-3H3;4,6H,5,7-9H2,1-3H3;6-7H,5H2,1-4H3;5H2,1-4H3;5H,1H2,2-4H3;1H,2-4H3;1H4/b8-7+;6-4+;;;;;/i;;;;1D2,5D;;. The van der Waals surface area contributed by atoms with Gasteiger partial charge in [0.05, 0.1) is 4.11 Å². The number of nitrogens with zero attached hydrogens (tertiary/aromatic N) is 2. The lowest BCUT2D eigenvalue weighted by atomic mass is 9.87. The second kappa shape index (κ2) is 30.0. The third-order valence-corrected chi connectivity index (χ3v) is 10.1. The number of hydrogen-bond acceptors (Lipinski definition) is 8. The summed E-state index contributed by atoms with van der Waals surface area (Å²) in [7, 11) is 0. The minimum absolute atomic E-state index is 0. The van der Waals surface area contributed by atoms with Crippen molar-refractivity contribution in [1.29, 1.82) is 0 Å². The molecular formula is C55H98N2O6. The Bertz CT molecular complexity index is 1650. The van der Waals surface area contributed by atoms with Crippen LogP contribution >= 0.6 is 0 Å². The van der Waals surface area contributed by atoms with Crippen LogP contribution in [0.2, 0.25) is 0 Å². The number of rotatable bonds is 9. The van der Waals surface area contributed by atoms with Crippen LogP contribution in [0.15, 0.2) is 36.9 Å². The van der Waals surface area contributed by atoms with E-state index in [1.54, 1.807) is 53.7 Å². The molecule has 0 bridgehead atoms. The number of likely N-dealkylation sites (tertiary alicyclic amines) is 2. The van der Waals surface area contributed by atoms with E-state index < -0.39 is 23.8 Å². The van der Waals surface area contributed by atoms with Crippen molar-refractivity contribution < 1.29 is 32.9 Å². The fraction of sp³-hybridized carbons (Fsp3) is 0.745. The van der Waals surface area contributed by atoms with Crippen molar-refractivity contribution in [3.05, 3.63) is 36.9 Å². The summed E-state index contributed by atoms with van der Waals surface area (Å²) in [4.78, 5) is 71.8. The molecule has 0 aromatic heterocycles. The van der Waals surface area contributed by atoms with Crippen LogP contribution < -0.4 is 0 Å². The monoisotopic (exact) mass is 886 g/mol. The van der Waals surface area contributed by atoms with Gasteiger partial charge in [-0.05, 0) is 81.9 Å². The topological polar surface area (TPSA) is 109 Å². The van der Waals surface area contributed by atoms with Gasteiger partial charge in [-0.1, -0.05) is 171 Å². The van der Waals surface area contributed by atoms with Crippen molar-refractivity contribution in [1.82, 2.24) is 9.80 Å². The van der Waals surface area contributed by atoms with Gasteiger partial charge in [0, 0.05) is 57.9 Å². The van der Waals surface area contributed by atoms with Crippen LogP contribution in [0.1, 0.15) is 189 Å². The summed E-state index contributed by atoms with van der Waals surface area (Å²) >= 11 is 0. The van der Waals surface area contributed by atoms with E-state index >= 15 is 0 Å². The van der Waals surface area contributed by atoms with Gasteiger partial charge in [0.1, 0.15) is 11.6 Å². The summed E-state index contributed by atoms with van der Waals surface area (Å²) in [5.74, 6) is 3.73. The van der Waals surface area contributed by atoms with Crippen molar-refractivity contribution in [3.63, 3.8) is 0 Å². The molecule has 0 aromatic rings. The number of carbonyl (C=O) groups is 6. The van der Waals surface area contributed by atoms with E-state index in [-0.39, 0.29) is 51.9 Å². The van der Waals surface area contributed by atoms with E-state index in [0.717, 1.165) is 19.5 Å². The summed E-state index contributed by atoms with van der Waals surface area (Å²) in [6.07, 6.45) is 19.4. The summed E-state index contributed by atoms with van der Waals surface area (Å²) in [5.41, 5.74) is -1.74. The molecule has 364 valence electrons. The average molecular weight is 886 g/mol. The molecule has 0 N–H and O–H groups in total. The molecule has 0 aromatic carbocycles. The highest BCUT2D eigenvalue weighted by Crippen LogP contribution is 2.42. The lowest BCUT2D eigenvalue weighted by Gasteiger charge is -2.29. The smallest absolute Gasteiger partial charge is 0.210 e. The second-order valence-corrected chi connectivity index (χ2v) is 22.9. The van der Waals surface area contributed by atoms with Gasteiger partial charge < -0.3 is 0 Å². The maximum absolute atomic E-state index is 11.6. The van der Waals surface area contributed by atoms with Crippen LogP contribution in [-0.4, -0.2) is 83.8 Å². The Morgan fingerprint density at radius 1 is 0.619 bits per heavy atom. The van der Waals surface area contributed by atoms with Crippen molar-refractivity contribution in [2.45, 2.75) is 184 Å². The first-order chi connectivity index (χ1) is 29.2. The predicted octanol–water partition coefficient (Wildman–Crippen LogP) is 12.4. The molecule has 3 aliphatic rings. The van der Waals surface area contributed by atoms with E-state index in [0.29, 0.717) is 29.8 Å².